The van der Waals surface area contributed by atoms with Crippen molar-refractivity contribution in [3.8, 4) is 6.07 Å². The highest BCUT2D eigenvalue weighted by Crippen LogP contribution is 2.35. The summed E-state index contributed by atoms with van der Waals surface area (Å²) in [6, 6.07) is 4.86. The standard InChI is InChI=1S/C10H4Cl2F3N/c11-7-3-6(4-8(12)5-7)9(1-2-16)10(13,14)15/h1,3-5H/b9-1-. The highest BCUT2D eigenvalue weighted by atomic mass is 35.5. The van der Waals surface area contributed by atoms with Crippen molar-refractivity contribution in [2.24, 2.45) is 0 Å². The maximum atomic E-state index is 12.6. The van der Waals surface area contributed by atoms with Crippen LogP contribution in [-0.2, 0) is 0 Å². The van der Waals surface area contributed by atoms with E-state index in [0.29, 0.717) is 6.08 Å². The molecule has 0 saturated heterocycles. The zero-order chi connectivity index (χ0) is 12.3. The van der Waals surface area contributed by atoms with Crippen LogP contribution in [0.15, 0.2) is 24.3 Å². The number of halogens is 5. The molecule has 0 atom stereocenters. The summed E-state index contributed by atoms with van der Waals surface area (Å²) in [5.74, 6) is 0. The molecule has 0 aromatic heterocycles. The fourth-order valence-electron chi connectivity index (χ4n) is 1.10. The van der Waals surface area contributed by atoms with Gasteiger partial charge in [-0.2, -0.15) is 18.4 Å². The first-order valence-corrected chi connectivity index (χ1v) is 4.73. The molecule has 1 rings (SSSR count). The van der Waals surface area contributed by atoms with Crippen LogP contribution in [0.2, 0.25) is 10.0 Å². The fourth-order valence-corrected chi connectivity index (χ4v) is 1.63. The number of nitrogens with zero attached hydrogens (tertiary/aromatic N) is 1. The van der Waals surface area contributed by atoms with Crippen LogP contribution in [0.4, 0.5) is 13.2 Å². The van der Waals surface area contributed by atoms with E-state index in [4.69, 9.17) is 28.5 Å². The van der Waals surface area contributed by atoms with Gasteiger partial charge in [0.15, 0.2) is 0 Å². The lowest BCUT2D eigenvalue weighted by atomic mass is 10.1. The van der Waals surface area contributed by atoms with Gasteiger partial charge in [0, 0.05) is 16.1 Å². The van der Waals surface area contributed by atoms with Crippen LogP contribution in [0.25, 0.3) is 5.57 Å². The van der Waals surface area contributed by atoms with Crippen molar-refractivity contribution >= 4 is 28.8 Å². The molecule has 1 aromatic rings. The Morgan fingerprint density at radius 1 is 1.19 bits per heavy atom. The molecule has 0 saturated carbocycles. The van der Waals surface area contributed by atoms with E-state index >= 15 is 0 Å². The van der Waals surface area contributed by atoms with Gasteiger partial charge in [-0.1, -0.05) is 23.2 Å². The van der Waals surface area contributed by atoms with Gasteiger partial charge in [0.2, 0.25) is 0 Å². The SMILES string of the molecule is N#C/C=C(/c1cc(Cl)cc(Cl)c1)C(F)(F)F. The largest absolute Gasteiger partial charge is 0.417 e. The normalized spacial score (nSPS) is 12.4. The molecule has 0 N–H and O–H groups in total. The Balaban J connectivity index is 3.35. The topological polar surface area (TPSA) is 23.8 Å². The van der Waals surface area contributed by atoms with E-state index in [2.05, 4.69) is 0 Å². The van der Waals surface area contributed by atoms with E-state index < -0.39 is 11.7 Å². The summed E-state index contributed by atoms with van der Waals surface area (Å²) in [7, 11) is 0. The minimum Gasteiger partial charge on any atom is -0.193 e. The van der Waals surface area contributed by atoms with Crippen molar-refractivity contribution in [3.63, 3.8) is 0 Å². The summed E-state index contributed by atoms with van der Waals surface area (Å²) in [6.45, 7) is 0. The number of nitriles is 1. The third-order valence-corrected chi connectivity index (χ3v) is 2.12. The van der Waals surface area contributed by atoms with E-state index in [1.54, 1.807) is 0 Å². The van der Waals surface area contributed by atoms with Gasteiger partial charge >= 0.3 is 6.18 Å². The third-order valence-electron chi connectivity index (χ3n) is 1.69. The lowest BCUT2D eigenvalue weighted by molar-refractivity contribution is -0.0688. The minimum absolute atomic E-state index is 0.0792. The third kappa shape index (κ3) is 3.16. The smallest absolute Gasteiger partial charge is 0.193 e. The zero-order valence-electron chi connectivity index (χ0n) is 7.65. The maximum absolute atomic E-state index is 12.6. The van der Waals surface area contributed by atoms with Gasteiger partial charge in [-0.05, 0) is 23.8 Å². The highest BCUT2D eigenvalue weighted by Gasteiger charge is 2.34. The van der Waals surface area contributed by atoms with Crippen LogP contribution >= 0.6 is 23.2 Å². The molecular weight excluding hydrogens is 262 g/mol. The molecule has 0 fully saturated rings. The van der Waals surface area contributed by atoms with Crippen LogP contribution in [0.5, 0.6) is 0 Å². The lowest BCUT2D eigenvalue weighted by Crippen LogP contribution is -2.10. The molecule has 16 heavy (non-hydrogen) atoms. The van der Waals surface area contributed by atoms with Gasteiger partial charge < -0.3 is 0 Å². The van der Waals surface area contributed by atoms with Gasteiger partial charge in [0.25, 0.3) is 0 Å². The van der Waals surface area contributed by atoms with E-state index in [9.17, 15) is 13.2 Å². The first kappa shape index (κ1) is 12.9. The Morgan fingerprint density at radius 2 is 1.69 bits per heavy atom. The number of allylic oxidation sites excluding steroid dienone is 2. The molecule has 0 radical (unpaired) electrons. The molecule has 0 heterocycles. The second-order valence-corrected chi connectivity index (χ2v) is 3.72. The molecule has 0 spiro atoms. The summed E-state index contributed by atoms with van der Waals surface area (Å²) >= 11 is 11.2. The average Bonchev–Trinajstić information content (AvgIpc) is 2.10. The molecule has 1 nitrogen and oxygen atoms in total. The quantitative estimate of drug-likeness (QED) is 0.688. The van der Waals surface area contributed by atoms with Gasteiger partial charge in [-0.3, -0.25) is 0 Å². The molecular formula is C10H4Cl2F3N. The van der Waals surface area contributed by atoms with Crippen molar-refractivity contribution in [3.05, 3.63) is 39.9 Å². The van der Waals surface area contributed by atoms with Crippen molar-refractivity contribution in [2.45, 2.75) is 6.18 Å². The van der Waals surface area contributed by atoms with Crippen LogP contribution in [0.1, 0.15) is 5.56 Å². The Bertz CT molecular complexity index is 452. The summed E-state index contributed by atoms with van der Waals surface area (Å²) in [4.78, 5) is 0. The van der Waals surface area contributed by atoms with E-state index in [-0.39, 0.29) is 15.6 Å². The number of rotatable bonds is 1. The van der Waals surface area contributed by atoms with Crippen molar-refractivity contribution < 1.29 is 13.2 Å². The van der Waals surface area contributed by atoms with Gasteiger partial charge in [0.05, 0.1) is 11.6 Å². The molecule has 84 valence electrons. The van der Waals surface area contributed by atoms with Crippen molar-refractivity contribution in [1.82, 2.24) is 0 Å². The molecule has 0 aliphatic heterocycles. The van der Waals surface area contributed by atoms with Gasteiger partial charge in [-0.15, -0.1) is 0 Å². The maximum Gasteiger partial charge on any atom is 0.417 e. The highest BCUT2D eigenvalue weighted by molar-refractivity contribution is 6.34. The lowest BCUT2D eigenvalue weighted by Gasteiger charge is -2.11. The second-order valence-electron chi connectivity index (χ2n) is 2.84. The second kappa shape index (κ2) is 4.77. The average molecular weight is 266 g/mol. The number of hydrogen-bond donors (Lipinski definition) is 0. The molecule has 6 heteroatoms. The summed E-state index contributed by atoms with van der Waals surface area (Å²) in [5, 5.41) is 8.47. The number of alkyl halides is 3. The predicted molar refractivity (Wildman–Crippen MR) is 56.1 cm³/mol. The molecule has 0 aliphatic rings. The summed E-state index contributed by atoms with van der Waals surface area (Å²) in [6.07, 6.45) is -4.20. The fraction of sp³-hybridized carbons (Fsp3) is 0.100. The van der Waals surface area contributed by atoms with Crippen LogP contribution in [-0.4, -0.2) is 6.18 Å². The minimum atomic E-state index is -4.62. The molecule has 0 amide bonds. The Hall–Kier alpha value is -1.18. The van der Waals surface area contributed by atoms with E-state index in [0.717, 1.165) is 12.1 Å². The monoisotopic (exact) mass is 265 g/mol. The first-order chi connectivity index (χ1) is 7.34. The first-order valence-electron chi connectivity index (χ1n) is 3.98. The van der Waals surface area contributed by atoms with Crippen molar-refractivity contribution in [1.29, 1.82) is 5.26 Å². The van der Waals surface area contributed by atoms with E-state index in [1.165, 1.54) is 12.1 Å². The van der Waals surface area contributed by atoms with Crippen LogP contribution in [0, 0.1) is 11.3 Å². The van der Waals surface area contributed by atoms with Crippen molar-refractivity contribution in [2.75, 3.05) is 0 Å². The zero-order valence-corrected chi connectivity index (χ0v) is 9.16. The predicted octanol–water partition coefficient (Wildman–Crippen LogP) is 4.46. The summed E-state index contributed by atoms with van der Waals surface area (Å²) < 4.78 is 37.7. The Kier molecular flexibility index (Phi) is 3.84. The number of hydrogen-bond acceptors (Lipinski definition) is 1. The van der Waals surface area contributed by atoms with Crippen LogP contribution < -0.4 is 0 Å². The Labute approximate surface area is 99.7 Å². The molecule has 0 bridgehead atoms. The van der Waals surface area contributed by atoms with Crippen LogP contribution in [0.3, 0.4) is 0 Å². The van der Waals surface area contributed by atoms with Gasteiger partial charge in [-0.25, -0.2) is 0 Å². The molecule has 0 aliphatic carbocycles. The Morgan fingerprint density at radius 3 is 2.06 bits per heavy atom. The summed E-state index contributed by atoms with van der Waals surface area (Å²) in [5.41, 5.74) is -1.30. The number of benzene rings is 1. The molecule has 1 aromatic carbocycles. The van der Waals surface area contributed by atoms with E-state index in [1.807, 2.05) is 0 Å². The van der Waals surface area contributed by atoms with Gasteiger partial charge in [0.1, 0.15) is 0 Å². The molecule has 0 unspecified atom stereocenters.